The quantitative estimate of drug-likeness (QED) is 0.379. The van der Waals surface area contributed by atoms with Crippen LogP contribution >= 0.6 is 11.6 Å². The average molecular weight is 507 g/mol. The highest BCUT2D eigenvalue weighted by Gasteiger charge is 2.24. The van der Waals surface area contributed by atoms with Crippen molar-refractivity contribution in [1.82, 2.24) is 15.3 Å². The summed E-state index contributed by atoms with van der Waals surface area (Å²) in [5.74, 6) is -0.230. The summed E-state index contributed by atoms with van der Waals surface area (Å²) in [6.07, 6.45) is 7.95. The molecule has 0 bridgehead atoms. The largest absolute Gasteiger partial charge is 0.369 e. The van der Waals surface area contributed by atoms with Gasteiger partial charge < -0.3 is 15.2 Å². The summed E-state index contributed by atoms with van der Waals surface area (Å²) in [6, 6.07) is 10.1. The maximum Gasteiger partial charge on any atom is 0.251 e. The van der Waals surface area contributed by atoms with Crippen LogP contribution in [0.5, 0.6) is 0 Å². The molecule has 0 unspecified atom stereocenters. The highest BCUT2D eigenvalue weighted by atomic mass is 35.5. The third-order valence-electron chi connectivity index (χ3n) is 7.18. The minimum Gasteiger partial charge on any atom is -0.369 e. The number of aromatic amines is 1. The van der Waals surface area contributed by atoms with Crippen LogP contribution < -0.4 is 15.6 Å². The van der Waals surface area contributed by atoms with E-state index in [0.29, 0.717) is 22.9 Å². The van der Waals surface area contributed by atoms with Crippen molar-refractivity contribution in [2.45, 2.75) is 72.4 Å². The van der Waals surface area contributed by atoms with Crippen LogP contribution in [0.25, 0.3) is 11.1 Å². The number of carbonyl (C=O) groups is 1. The first-order valence-corrected chi connectivity index (χ1v) is 13.2. The van der Waals surface area contributed by atoms with Crippen LogP contribution in [-0.4, -0.2) is 28.5 Å². The summed E-state index contributed by atoms with van der Waals surface area (Å²) in [5.41, 5.74) is 6.32. The zero-order valence-corrected chi connectivity index (χ0v) is 22.3. The summed E-state index contributed by atoms with van der Waals surface area (Å²) >= 11 is 6.26. The number of benzene rings is 1. The summed E-state index contributed by atoms with van der Waals surface area (Å²) in [7, 11) is 0. The average Bonchev–Trinajstić information content (AvgIpc) is 2.86. The highest BCUT2D eigenvalue weighted by Crippen LogP contribution is 2.35. The molecule has 1 aromatic carbocycles. The van der Waals surface area contributed by atoms with Gasteiger partial charge in [0.15, 0.2) is 5.43 Å². The number of carbonyl (C=O) groups excluding carboxylic acids is 1. The molecule has 1 fully saturated rings. The summed E-state index contributed by atoms with van der Waals surface area (Å²) in [6.45, 7) is 8.86. The fourth-order valence-corrected chi connectivity index (χ4v) is 5.47. The molecule has 1 amide bonds. The van der Waals surface area contributed by atoms with Crippen LogP contribution in [0.3, 0.4) is 0 Å². The standard InChI is InChI=1S/C29H35ClN4O2/c1-5-34(23-9-7-6-8-10-23)26-15-22(21-12-11-18(2)31-16-21)14-24(20(26)4)29(36)32-17-25-27(35)13-19(3)33-28(25)30/h11-16,23H,5-10,17H2,1-4H3,(H,32,36)(H,33,35). The van der Waals surface area contributed by atoms with Crippen molar-refractivity contribution in [3.05, 3.63) is 80.0 Å². The zero-order chi connectivity index (χ0) is 25.8. The van der Waals surface area contributed by atoms with Crippen molar-refractivity contribution in [3.63, 3.8) is 0 Å². The molecule has 1 saturated carbocycles. The molecule has 190 valence electrons. The molecule has 0 atom stereocenters. The van der Waals surface area contributed by atoms with E-state index in [1.807, 2.05) is 38.2 Å². The van der Waals surface area contributed by atoms with E-state index >= 15 is 0 Å². The Balaban J connectivity index is 1.73. The van der Waals surface area contributed by atoms with Gasteiger partial charge in [0.1, 0.15) is 5.15 Å². The first-order valence-electron chi connectivity index (χ1n) is 12.8. The lowest BCUT2D eigenvalue weighted by molar-refractivity contribution is 0.0950. The number of nitrogens with zero attached hydrogens (tertiary/aromatic N) is 2. The van der Waals surface area contributed by atoms with E-state index in [2.05, 4.69) is 33.2 Å². The minimum absolute atomic E-state index is 0.0541. The monoisotopic (exact) mass is 506 g/mol. The van der Waals surface area contributed by atoms with Crippen LogP contribution in [0.4, 0.5) is 5.69 Å². The van der Waals surface area contributed by atoms with Gasteiger partial charge in [-0.25, -0.2) is 0 Å². The Morgan fingerprint density at radius 3 is 2.50 bits per heavy atom. The maximum absolute atomic E-state index is 13.5. The number of halogens is 1. The predicted molar refractivity (Wildman–Crippen MR) is 147 cm³/mol. The number of hydrogen-bond acceptors (Lipinski definition) is 4. The van der Waals surface area contributed by atoms with Gasteiger partial charge in [-0.2, -0.15) is 0 Å². The SMILES string of the molecule is CCN(c1cc(-c2ccc(C)nc2)cc(C(=O)NCc2c(Cl)[nH]c(C)cc2=O)c1C)C1CCCCC1. The van der Waals surface area contributed by atoms with Crippen LogP contribution in [0.1, 0.15) is 71.9 Å². The second kappa shape index (κ2) is 11.3. The van der Waals surface area contributed by atoms with Gasteiger partial charge in [0.05, 0.1) is 5.56 Å². The summed E-state index contributed by atoms with van der Waals surface area (Å²) < 4.78 is 0. The van der Waals surface area contributed by atoms with Gasteiger partial charge in [0.25, 0.3) is 5.91 Å². The maximum atomic E-state index is 13.5. The fraction of sp³-hybridized carbons (Fsp3) is 0.414. The number of anilines is 1. The zero-order valence-electron chi connectivity index (χ0n) is 21.6. The Morgan fingerprint density at radius 2 is 1.86 bits per heavy atom. The third-order valence-corrected chi connectivity index (χ3v) is 7.50. The first-order chi connectivity index (χ1) is 17.3. The molecule has 1 aliphatic rings. The molecule has 2 heterocycles. The van der Waals surface area contributed by atoms with Crippen molar-refractivity contribution >= 4 is 23.2 Å². The number of pyridine rings is 2. The predicted octanol–water partition coefficient (Wildman–Crippen LogP) is 6.10. The van der Waals surface area contributed by atoms with E-state index in [4.69, 9.17) is 11.6 Å². The van der Waals surface area contributed by atoms with Gasteiger partial charge in [-0.05, 0) is 69.9 Å². The van der Waals surface area contributed by atoms with Crippen molar-refractivity contribution in [2.24, 2.45) is 0 Å². The molecule has 6 nitrogen and oxygen atoms in total. The number of hydrogen-bond donors (Lipinski definition) is 2. The van der Waals surface area contributed by atoms with Gasteiger partial charge >= 0.3 is 0 Å². The molecule has 3 aromatic rings. The molecule has 0 radical (unpaired) electrons. The molecule has 2 N–H and O–H groups in total. The number of aryl methyl sites for hydroxylation is 2. The van der Waals surface area contributed by atoms with Gasteiger partial charge in [0.2, 0.25) is 0 Å². The lowest BCUT2D eigenvalue weighted by Gasteiger charge is -2.37. The molecule has 4 rings (SSSR count). The minimum atomic E-state index is -0.230. The molecular formula is C29H35ClN4O2. The van der Waals surface area contributed by atoms with Crippen molar-refractivity contribution < 1.29 is 4.79 Å². The second-order valence-corrected chi connectivity index (χ2v) is 10.1. The van der Waals surface area contributed by atoms with Crippen LogP contribution in [-0.2, 0) is 6.54 Å². The van der Waals surface area contributed by atoms with Gasteiger partial charge in [-0.3, -0.25) is 14.6 Å². The van der Waals surface area contributed by atoms with Gasteiger partial charge in [0, 0.05) is 59.6 Å². The van der Waals surface area contributed by atoms with Crippen LogP contribution in [0, 0.1) is 20.8 Å². The van der Waals surface area contributed by atoms with E-state index in [1.165, 1.54) is 38.2 Å². The molecule has 0 aliphatic heterocycles. The number of amides is 1. The first kappa shape index (κ1) is 26.0. The molecule has 0 spiro atoms. The van der Waals surface area contributed by atoms with E-state index in [0.717, 1.165) is 34.6 Å². The Bertz CT molecular complexity index is 1290. The Kier molecular flexibility index (Phi) is 8.14. The summed E-state index contributed by atoms with van der Waals surface area (Å²) in [5, 5.41) is 3.19. The van der Waals surface area contributed by atoms with E-state index in [1.54, 1.807) is 6.92 Å². The van der Waals surface area contributed by atoms with Crippen LogP contribution in [0.15, 0.2) is 41.3 Å². The molecule has 0 saturated heterocycles. The topological polar surface area (TPSA) is 78.1 Å². The van der Waals surface area contributed by atoms with Crippen LogP contribution in [0.2, 0.25) is 5.15 Å². The number of aromatic nitrogens is 2. The lowest BCUT2D eigenvalue weighted by atomic mass is 9.91. The lowest BCUT2D eigenvalue weighted by Crippen LogP contribution is -2.37. The van der Waals surface area contributed by atoms with Gasteiger partial charge in [-0.1, -0.05) is 36.9 Å². The van der Waals surface area contributed by atoms with E-state index in [9.17, 15) is 9.59 Å². The number of rotatable bonds is 7. The Hall–Kier alpha value is -3.12. The second-order valence-electron chi connectivity index (χ2n) is 9.73. The van der Waals surface area contributed by atoms with Gasteiger partial charge in [-0.15, -0.1) is 0 Å². The highest BCUT2D eigenvalue weighted by molar-refractivity contribution is 6.30. The third kappa shape index (κ3) is 5.65. The van der Waals surface area contributed by atoms with Crippen molar-refractivity contribution in [1.29, 1.82) is 0 Å². The summed E-state index contributed by atoms with van der Waals surface area (Å²) in [4.78, 5) is 35.8. The molecule has 36 heavy (non-hydrogen) atoms. The van der Waals surface area contributed by atoms with Crippen molar-refractivity contribution in [3.8, 4) is 11.1 Å². The number of H-pyrrole nitrogens is 1. The molecule has 2 aromatic heterocycles. The molecular weight excluding hydrogens is 472 g/mol. The van der Waals surface area contributed by atoms with E-state index < -0.39 is 0 Å². The van der Waals surface area contributed by atoms with Crippen molar-refractivity contribution in [2.75, 3.05) is 11.4 Å². The van der Waals surface area contributed by atoms with E-state index in [-0.39, 0.29) is 23.0 Å². The molecule has 7 heteroatoms. The molecule has 1 aliphatic carbocycles. The smallest absolute Gasteiger partial charge is 0.251 e. The Labute approximate surface area is 218 Å². The Morgan fingerprint density at radius 1 is 1.11 bits per heavy atom. The number of nitrogens with one attached hydrogen (secondary N) is 2. The normalized spacial score (nSPS) is 14.0. The fourth-order valence-electron chi connectivity index (χ4n) is 5.16.